The predicted molar refractivity (Wildman–Crippen MR) is 114 cm³/mol. The van der Waals surface area contributed by atoms with Crippen molar-refractivity contribution < 1.29 is 22.3 Å². The number of hydrogen-bond donors (Lipinski definition) is 0. The molecule has 0 radical (unpaired) electrons. The second-order valence-electron chi connectivity index (χ2n) is 7.10. The minimum Gasteiger partial charge on any atom is -0.376 e. The number of halogens is 1. The molecule has 1 saturated heterocycles. The largest absolute Gasteiger partial charge is 0.376 e. The zero-order valence-electron chi connectivity index (χ0n) is 16.2. The number of sulfone groups is 1. The van der Waals surface area contributed by atoms with Crippen LogP contribution in [0.5, 0.6) is 0 Å². The van der Waals surface area contributed by atoms with Crippen LogP contribution in [0, 0.1) is 5.82 Å². The zero-order chi connectivity index (χ0) is 21.1. The maximum Gasteiger partial charge on any atom is 0.229 e. The Bertz CT molecular complexity index is 1140. The molecule has 2 aromatic carbocycles. The van der Waals surface area contributed by atoms with Crippen molar-refractivity contribution in [2.45, 2.75) is 30.3 Å². The number of carbonyl (C=O) groups is 1. The number of ether oxygens (including phenoxy) is 1. The molecule has 0 N–H and O–H groups in total. The number of rotatable bonds is 7. The van der Waals surface area contributed by atoms with E-state index in [1.54, 1.807) is 30.3 Å². The van der Waals surface area contributed by atoms with Crippen LogP contribution in [-0.2, 0) is 19.4 Å². The summed E-state index contributed by atoms with van der Waals surface area (Å²) in [6.07, 6.45) is 1.38. The van der Waals surface area contributed by atoms with Gasteiger partial charge in [-0.2, -0.15) is 0 Å². The summed E-state index contributed by atoms with van der Waals surface area (Å²) in [5, 5.41) is 0.354. The van der Waals surface area contributed by atoms with Gasteiger partial charge >= 0.3 is 0 Å². The normalized spacial score (nSPS) is 16.8. The maximum atomic E-state index is 14.1. The summed E-state index contributed by atoms with van der Waals surface area (Å²) in [4.78, 5) is 19.0. The molecule has 1 aromatic heterocycles. The number of benzene rings is 2. The van der Waals surface area contributed by atoms with Gasteiger partial charge in [-0.15, -0.1) is 0 Å². The minimum atomic E-state index is -3.59. The number of aromatic nitrogens is 1. The molecule has 3 aromatic rings. The third-order valence-electron chi connectivity index (χ3n) is 4.99. The van der Waals surface area contributed by atoms with Crippen molar-refractivity contribution in [3.63, 3.8) is 0 Å². The molecule has 158 valence electrons. The lowest BCUT2D eigenvalue weighted by molar-refractivity contribution is -0.118. The Morgan fingerprint density at radius 3 is 2.70 bits per heavy atom. The van der Waals surface area contributed by atoms with E-state index in [-0.39, 0.29) is 41.1 Å². The fraction of sp³-hybridized carbons (Fsp3) is 0.333. The van der Waals surface area contributed by atoms with Gasteiger partial charge in [0, 0.05) is 13.0 Å². The molecule has 9 heteroatoms. The summed E-state index contributed by atoms with van der Waals surface area (Å²) in [6, 6.07) is 12.7. The number of carbonyl (C=O) groups excluding carboxylic acids is 1. The van der Waals surface area contributed by atoms with Crippen LogP contribution in [0.1, 0.15) is 19.3 Å². The van der Waals surface area contributed by atoms with Crippen LogP contribution in [-0.4, -0.2) is 44.3 Å². The fourth-order valence-electron chi connectivity index (χ4n) is 3.40. The Kier molecular flexibility index (Phi) is 6.12. The average molecular weight is 449 g/mol. The Hall–Kier alpha value is -2.36. The second-order valence-corrected chi connectivity index (χ2v) is 10.2. The van der Waals surface area contributed by atoms with Crippen molar-refractivity contribution in [1.82, 2.24) is 4.98 Å². The van der Waals surface area contributed by atoms with Crippen LogP contribution in [0.3, 0.4) is 0 Å². The smallest absolute Gasteiger partial charge is 0.229 e. The number of para-hydroxylation sites is 1. The topological polar surface area (TPSA) is 76.6 Å². The van der Waals surface area contributed by atoms with E-state index in [0.29, 0.717) is 16.4 Å². The van der Waals surface area contributed by atoms with E-state index in [4.69, 9.17) is 4.74 Å². The molecule has 0 spiro atoms. The summed E-state index contributed by atoms with van der Waals surface area (Å²) in [5.41, 5.74) is 0.208. The van der Waals surface area contributed by atoms with Crippen LogP contribution in [0.4, 0.5) is 9.52 Å². The molecule has 1 unspecified atom stereocenters. The van der Waals surface area contributed by atoms with Gasteiger partial charge in [0.2, 0.25) is 5.91 Å². The number of nitrogens with zero attached hydrogens (tertiary/aromatic N) is 2. The Labute approximate surface area is 178 Å². The van der Waals surface area contributed by atoms with Crippen LogP contribution < -0.4 is 4.90 Å². The molecule has 0 bridgehead atoms. The van der Waals surface area contributed by atoms with Crippen LogP contribution in [0.25, 0.3) is 10.2 Å². The highest BCUT2D eigenvalue weighted by Crippen LogP contribution is 2.31. The quantitative estimate of drug-likeness (QED) is 0.549. The first-order chi connectivity index (χ1) is 14.4. The molecule has 1 amide bonds. The third kappa shape index (κ3) is 4.53. The number of fused-ring (bicyclic) bond motifs is 1. The van der Waals surface area contributed by atoms with Crippen molar-refractivity contribution >= 4 is 42.4 Å². The first kappa shape index (κ1) is 20.9. The lowest BCUT2D eigenvalue weighted by Crippen LogP contribution is -2.38. The Balaban J connectivity index is 1.57. The van der Waals surface area contributed by atoms with E-state index in [9.17, 15) is 17.6 Å². The summed E-state index contributed by atoms with van der Waals surface area (Å²) in [7, 11) is -3.59. The number of anilines is 1. The highest BCUT2D eigenvalue weighted by molar-refractivity contribution is 7.91. The van der Waals surface area contributed by atoms with E-state index in [1.807, 2.05) is 0 Å². The lowest BCUT2D eigenvalue weighted by atomic mass is 10.2. The van der Waals surface area contributed by atoms with E-state index < -0.39 is 15.7 Å². The van der Waals surface area contributed by atoms with E-state index in [2.05, 4.69) is 4.98 Å². The molecular weight excluding hydrogens is 427 g/mol. The monoisotopic (exact) mass is 448 g/mol. The molecule has 0 aliphatic carbocycles. The Morgan fingerprint density at radius 1 is 1.20 bits per heavy atom. The molecule has 1 aliphatic heterocycles. The molecular formula is C21H21FN2O4S2. The van der Waals surface area contributed by atoms with Crippen molar-refractivity contribution in [2.24, 2.45) is 0 Å². The van der Waals surface area contributed by atoms with Gasteiger partial charge in [0.25, 0.3) is 0 Å². The first-order valence-corrected chi connectivity index (χ1v) is 12.2. The molecule has 0 saturated carbocycles. The summed E-state index contributed by atoms with van der Waals surface area (Å²) < 4.78 is 45.5. The van der Waals surface area contributed by atoms with E-state index in [0.717, 1.165) is 12.8 Å². The van der Waals surface area contributed by atoms with Gasteiger partial charge in [-0.1, -0.05) is 35.6 Å². The minimum absolute atomic E-state index is 0.142. The SMILES string of the molecule is O=C(CCS(=O)(=O)c1ccccc1)N(CC1CCCO1)c1nc2c(F)cccc2s1. The molecule has 2 heterocycles. The maximum absolute atomic E-state index is 14.1. The van der Waals surface area contributed by atoms with Crippen LogP contribution in [0.2, 0.25) is 0 Å². The van der Waals surface area contributed by atoms with Gasteiger partial charge in [-0.3, -0.25) is 9.69 Å². The predicted octanol–water partition coefficient (Wildman–Crippen LogP) is 3.81. The van der Waals surface area contributed by atoms with Gasteiger partial charge in [-0.05, 0) is 37.1 Å². The van der Waals surface area contributed by atoms with Crippen molar-refractivity contribution in [3.05, 3.63) is 54.3 Å². The van der Waals surface area contributed by atoms with Crippen molar-refractivity contribution in [3.8, 4) is 0 Å². The van der Waals surface area contributed by atoms with Gasteiger partial charge in [-0.25, -0.2) is 17.8 Å². The van der Waals surface area contributed by atoms with E-state index in [1.165, 1.54) is 34.4 Å². The van der Waals surface area contributed by atoms with Crippen molar-refractivity contribution in [1.29, 1.82) is 0 Å². The molecule has 6 nitrogen and oxygen atoms in total. The van der Waals surface area contributed by atoms with Gasteiger partial charge in [0.15, 0.2) is 15.0 Å². The lowest BCUT2D eigenvalue weighted by Gasteiger charge is -2.23. The summed E-state index contributed by atoms with van der Waals surface area (Å²) in [6.45, 7) is 0.898. The molecule has 1 atom stereocenters. The molecule has 4 rings (SSSR count). The highest BCUT2D eigenvalue weighted by Gasteiger charge is 2.28. The van der Waals surface area contributed by atoms with Gasteiger partial charge in [0.05, 0.1) is 28.0 Å². The molecule has 1 fully saturated rings. The first-order valence-electron chi connectivity index (χ1n) is 9.69. The van der Waals surface area contributed by atoms with Gasteiger partial charge in [0.1, 0.15) is 11.3 Å². The average Bonchev–Trinajstić information content (AvgIpc) is 3.41. The van der Waals surface area contributed by atoms with E-state index >= 15 is 0 Å². The number of thiazole rings is 1. The van der Waals surface area contributed by atoms with Crippen LogP contribution in [0.15, 0.2) is 53.4 Å². The summed E-state index contributed by atoms with van der Waals surface area (Å²) in [5.74, 6) is -1.13. The zero-order valence-corrected chi connectivity index (χ0v) is 17.8. The number of hydrogen-bond acceptors (Lipinski definition) is 6. The fourth-order valence-corrected chi connectivity index (χ4v) is 5.66. The molecule has 30 heavy (non-hydrogen) atoms. The van der Waals surface area contributed by atoms with Crippen LogP contribution >= 0.6 is 11.3 Å². The molecule has 1 aliphatic rings. The van der Waals surface area contributed by atoms with Crippen molar-refractivity contribution in [2.75, 3.05) is 23.8 Å². The second kappa shape index (κ2) is 8.79. The third-order valence-corrected chi connectivity index (χ3v) is 7.76. The standard InChI is InChI=1S/C21H21FN2O4S2/c22-17-9-4-10-18-20(17)23-21(29-18)24(14-15-6-5-12-28-15)19(25)11-13-30(26,27)16-7-2-1-3-8-16/h1-4,7-10,15H,5-6,11-14H2. The highest BCUT2D eigenvalue weighted by atomic mass is 32.2. The van der Waals surface area contributed by atoms with Gasteiger partial charge < -0.3 is 4.74 Å². The summed E-state index contributed by atoms with van der Waals surface area (Å²) >= 11 is 1.21. The number of amides is 1. The Morgan fingerprint density at radius 2 is 2.00 bits per heavy atom.